The topological polar surface area (TPSA) is 55.8 Å². The van der Waals surface area contributed by atoms with Gasteiger partial charge in [-0.2, -0.15) is 0 Å². The molecule has 4 nitrogen and oxygen atoms in total. The number of rotatable bonds is 8. The zero-order valence-electron chi connectivity index (χ0n) is 9.39. The molecule has 0 atom stereocenters. The van der Waals surface area contributed by atoms with Gasteiger partial charge in [-0.15, -0.1) is 0 Å². The van der Waals surface area contributed by atoms with Crippen molar-refractivity contribution in [2.45, 2.75) is 19.4 Å². The van der Waals surface area contributed by atoms with E-state index in [0.29, 0.717) is 25.2 Å². The Kier molecular flexibility index (Phi) is 6.65. The second-order valence-corrected chi connectivity index (χ2v) is 4.35. The third-order valence-corrected chi connectivity index (χ3v) is 2.64. The van der Waals surface area contributed by atoms with Crippen molar-refractivity contribution < 1.29 is 19.4 Å². The highest BCUT2D eigenvalue weighted by molar-refractivity contribution is 9.10. The molecule has 1 rings (SSSR count). The summed E-state index contributed by atoms with van der Waals surface area (Å²) in [6.07, 6.45) is 1.51. The van der Waals surface area contributed by atoms with E-state index in [9.17, 15) is 4.79 Å². The fourth-order valence-corrected chi connectivity index (χ4v) is 1.64. The van der Waals surface area contributed by atoms with Gasteiger partial charge in [0.15, 0.2) is 0 Å². The van der Waals surface area contributed by atoms with Crippen molar-refractivity contribution in [3.8, 4) is 5.75 Å². The zero-order chi connectivity index (χ0) is 12.5. The predicted molar refractivity (Wildman–Crippen MR) is 66.8 cm³/mol. The Morgan fingerprint density at radius 3 is 2.88 bits per heavy atom. The van der Waals surface area contributed by atoms with E-state index in [-0.39, 0.29) is 13.2 Å². The summed E-state index contributed by atoms with van der Waals surface area (Å²) >= 11 is 3.36. The lowest BCUT2D eigenvalue weighted by molar-refractivity contribution is -0.129. The van der Waals surface area contributed by atoms with E-state index in [2.05, 4.69) is 15.9 Å². The summed E-state index contributed by atoms with van der Waals surface area (Å²) in [6.45, 7) is 1.32. The lowest BCUT2D eigenvalue weighted by Crippen LogP contribution is -2.02. The van der Waals surface area contributed by atoms with Gasteiger partial charge in [0.2, 0.25) is 0 Å². The Bertz CT molecular complexity index is 354. The number of hydrogen-bond donors (Lipinski definition) is 1. The molecule has 0 unspecified atom stereocenters. The second kappa shape index (κ2) is 8.08. The fourth-order valence-electron chi connectivity index (χ4n) is 1.30. The van der Waals surface area contributed by atoms with Crippen LogP contribution in [0.25, 0.3) is 0 Å². The fraction of sp³-hybridized carbons (Fsp3) is 0.417. The zero-order valence-corrected chi connectivity index (χ0v) is 11.0. The summed E-state index contributed by atoms with van der Waals surface area (Å²) in [4.78, 5) is 10.2. The Hall–Kier alpha value is -1.07. The van der Waals surface area contributed by atoms with Crippen LogP contribution >= 0.6 is 15.9 Å². The smallest absolute Gasteiger partial charge is 0.293 e. The molecule has 0 bridgehead atoms. The minimum atomic E-state index is 0.170. The molecule has 0 heterocycles. The van der Waals surface area contributed by atoms with Gasteiger partial charge in [-0.25, -0.2) is 0 Å². The molecule has 0 saturated heterocycles. The summed E-state index contributed by atoms with van der Waals surface area (Å²) in [6, 6.07) is 5.54. The number of carbonyl (C=O) groups is 1. The Balaban J connectivity index is 2.59. The molecule has 17 heavy (non-hydrogen) atoms. The standard InChI is InChI=1S/C12H15BrO4/c13-11-4-3-10(8-16-9-15)12(7-11)17-6-2-1-5-14/h3-4,7,9,14H,1-2,5-6,8H2. The van der Waals surface area contributed by atoms with Crippen molar-refractivity contribution in [2.75, 3.05) is 13.2 Å². The SMILES string of the molecule is O=COCc1ccc(Br)cc1OCCCCO. The van der Waals surface area contributed by atoms with Crippen LogP contribution in [0.1, 0.15) is 18.4 Å². The quantitative estimate of drug-likeness (QED) is 0.591. The predicted octanol–water partition coefficient (Wildman–Crippen LogP) is 2.27. The largest absolute Gasteiger partial charge is 0.493 e. The monoisotopic (exact) mass is 302 g/mol. The number of halogens is 1. The molecule has 0 aliphatic carbocycles. The minimum Gasteiger partial charge on any atom is -0.493 e. The number of ether oxygens (including phenoxy) is 2. The van der Waals surface area contributed by atoms with Crippen molar-refractivity contribution in [1.82, 2.24) is 0 Å². The van der Waals surface area contributed by atoms with Crippen LogP contribution in [0, 0.1) is 0 Å². The molecule has 0 aromatic heterocycles. The van der Waals surface area contributed by atoms with E-state index in [1.165, 1.54) is 0 Å². The molecule has 0 saturated carbocycles. The van der Waals surface area contributed by atoms with E-state index in [4.69, 9.17) is 14.6 Å². The van der Waals surface area contributed by atoms with E-state index < -0.39 is 0 Å². The van der Waals surface area contributed by atoms with Gasteiger partial charge in [0, 0.05) is 16.6 Å². The van der Waals surface area contributed by atoms with Gasteiger partial charge in [-0.1, -0.05) is 22.0 Å². The maximum absolute atomic E-state index is 10.2. The maximum atomic E-state index is 10.2. The van der Waals surface area contributed by atoms with Gasteiger partial charge in [-0.05, 0) is 25.0 Å². The van der Waals surface area contributed by atoms with Crippen LogP contribution < -0.4 is 4.74 Å². The van der Waals surface area contributed by atoms with E-state index >= 15 is 0 Å². The first-order chi connectivity index (χ1) is 8.27. The van der Waals surface area contributed by atoms with Crippen LogP contribution in [-0.2, 0) is 16.1 Å². The number of aliphatic hydroxyl groups excluding tert-OH is 1. The molecule has 0 aliphatic rings. The molecule has 0 radical (unpaired) electrons. The van der Waals surface area contributed by atoms with E-state index in [1.54, 1.807) is 0 Å². The highest BCUT2D eigenvalue weighted by Gasteiger charge is 2.05. The Morgan fingerprint density at radius 1 is 1.35 bits per heavy atom. The van der Waals surface area contributed by atoms with Crippen LogP contribution in [0.3, 0.4) is 0 Å². The highest BCUT2D eigenvalue weighted by Crippen LogP contribution is 2.24. The van der Waals surface area contributed by atoms with Gasteiger partial charge in [0.1, 0.15) is 12.4 Å². The van der Waals surface area contributed by atoms with Crippen LogP contribution in [0.4, 0.5) is 0 Å². The number of aliphatic hydroxyl groups is 1. The average Bonchev–Trinajstić information content (AvgIpc) is 2.33. The number of unbranched alkanes of at least 4 members (excludes halogenated alkanes) is 1. The third kappa shape index (κ3) is 5.19. The van der Waals surface area contributed by atoms with Crippen molar-refractivity contribution in [2.24, 2.45) is 0 Å². The first-order valence-electron chi connectivity index (χ1n) is 5.35. The Morgan fingerprint density at radius 2 is 2.18 bits per heavy atom. The lowest BCUT2D eigenvalue weighted by Gasteiger charge is -2.11. The van der Waals surface area contributed by atoms with Gasteiger partial charge < -0.3 is 14.6 Å². The van der Waals surface area contributed by atoms with Crippen molar-refractivity contribution in [3.05, 3.63) is 28.2 Å². The van der Waals surface area contributed by atoms with Crippen molar-refractivity contribution >= 4 is 22.4 Å². The Labute approximate surface area is 109 Å². The van der Waals surface area contributed by atoms with Crippen molar-refractivity contribution in [1.29, 1.82) is 0 Å². The molecular weight excluding hydrogens is 288 g/mol. The number of hydrogen-bond acceptors (Lipinski definition) is 4. The molecule has 0 amide bonds. The van der Waals surface area contributed by atoms with E-state index in [1.807, 2.05) is 18.2 Å². The second-order valence-electron chi connectivity index (χ2n) is 3.44. The lowest BCUT2D eigenvalue weighted by atomic mass is 10.2. The van der Waals surface area contributed by atoms with Gasteiger partial charge in [-0.3, -0.25) is 4.79 Å². The normalized spacial score (nSPS) is 10.0. The van der Waals surface area contributed by atoms with Crippen LogP contribution in [0.15, 0.2) is 22.7 Å². The first kappa shape index (κ1) is 14.0. The maximum Gasteiger partial charge on any atom is 0.293 e. The molecule has 0 fully saturated rings. The summed E-state index contributed by atoms with van der Waals surface area (Å²) in [5.74, 6) is 0.694. The minimum absolute atomic E-state index is 0.170. The van der Waals surface area contributed by atoms with Crippen LogP contribution in [-0.4, -0.2) is 24.8 Å². The molecule has 5 heteroatoms. The third-order valence-electron chi connectivity index (χ3n) is 2.15. The van der Waals surface area contributed by atoms with Gasteiger partial charge >= 0.3 is 0 Å². The first-order valence-corrected chi connectivity index (χ1v) is 6.14. The molecule has 1 aromatic carbocycles. The van der Waals surface area contributed by atoms with Crippen LogP contribution in [0.2, 0.25) is 0 Å². The van der Waals surface area contributed by atoms with Gasteiger partial charge in [0.05, 0.1) is 6.61 Å². The summed E-state index contributed by atoms with van der Waals surface area (Å²) in [5, 5.41) is 8.66. The molecule has 0 aliphatic heterocycles. The average molecular weight is 303 g/mol. The molecular formula is C12H15BrO4. The van der Waals surface area contributed by atoms with Gasteiger partial charge in [0.25, 0.3) is 6.47 Å². The molecule has 1 aromatic rings. The van der Waals surface area contributed by atoms with Crippen molar-refractivity contribution in [3.63, 3.8) is 0 Å². The number of benzene rings is 1. The molecule has 94 valence electrons. The molecule has 1 N–H and O–H groups in total. The molecule has 0 spiro atoms. The van der Waals surface area contributed by atoms with Crippen LogP contribution in [0.5, 0.6) is 5.75 Å². The summed E-state index contributed by atoms with van der Waals surface area (Å²) in [5.41, 5.74) is 0.823. The highest BCUT2D eigenvalue weighted by atomic mass is 79.9. The van der Waals surface area contributed by atoms with E-state index in [0.717, 1.165) is 16.5 Å². The number of carbonyl (C=O) groups excluding carboxylic acids is 1. The summed E-state index contributed by atoms with van der Waals surface area (Å²) in [7, 11) is 0. The summed E-state index contributed by atoms with van der Waals surface area (Å²) < 4.78 is 11.2.